The first-order valence-electron chi connectivity index (χ1n) is 13.0. The smallest absolute Gasteiger partial charge is 0.267 e. The Labute approximate surface area is 236 Å². The largest absolute Gasteiger partial charge is 0.457 e. The third kappa shape index (κ3) is 6.68. The van der Waals surface area contributed by atoms with Crippen LogP contribution in [0.25, 0.3) is 11.0 Å². The maximum atomic E-state index is 13.2. The lowest BCUT2D eigenvalue weighted by molar-refractivity contribution is -0.133. The Morgan fingerprint density at radius 1 is 0.976 bits per heavy atom. The summed E-state index contributed by atoms with van der Waals surface area (Å²) in [5, 5.41) is 3.13. The second-order valence-electron chi connectivity index (χ2n) is 10.3. The number of amides is 1. The number of ether oxygens (including phenoxy) is 1. The molecule has 1 aliphatic rings. The summed E-state index contributed by atoms with van der Waals surface area (Å²) in [4.78, 5) is 45.6. The zero-order valence-corrected chi connectivity index (χ0v) is 23.1. The van der Waals surface area contributed by atoms with Crippen LogP contribution in [0.3, 0.4) is 0 Å². The number of benzene rings is 2. The van der Waals surface area contributed by atoms with E-state index in [4.69, 9.17) is 4.74 Å². The number of sulfone groups is 1. The molecule has 9 nitrogen and oxygen atoms in total. The number of pyridine rings is 1. The monoisotopic (exact) mass is 577 g/mol. The van der Waals surface area contributed by atoms with Crippen molar-refractivity contribution < 1.29 is 31.9 Å². The van der Waals surface area contributed by atoms with E-state index in [2.05, 4.69) is 15.3 Å². The van der Waals surface area contributed by atoms with E-state index in [0.717, 1.165) is 11.8 Å². The summed E-state index contributed by atoms with van der Waals surface area (Å²) in [6, 6.07) is 16.0. The Morgan fingerprint density at radius 3 is 2.17 bits per heavy atom. The number of hydrogen-bond donors (Lipinski definition) is 2. The van der Waals surface area contributed by atoms with Crippen LogP contribution >= 0.6 is 0 Å². The number of carbonyl (C=O) groups excluding carboxylic acids is 3. The van der Waals surface area contributed by atoms with Crippen molar-refractivity contribution in [3.05, 3.63) is 89.5 Å². The van der Waals surface area contributed by atoms with E-state index in [1.807, 2.05) is 0 Å². The molecular formula is C30H28FN3O6S. The fourth-order valence-electron chi connectivity index (χ4n) is 4.61. The van der Waals surface area contributed by atoms with E-state index in [-0.39, 0.29) is 48.2 Å². The number of Topliss-reactive ketones (excluding diaryl/α,β-unsaturated/α-hetero) is 2. The van der Waals surface area contributed by atoms with Crippen LogP contribution < -0.4 is 10.1 Å². The first-order valence-corrected chi connectivity index (χ1v) is 15.1. The molecule has 2 aromatic heterocycles. The summed E-state index contributed by atoms with van der Waals surface area (Å²) >= 11 is 0. The summed E-state index contributed by atoms with van der Waals surface area (Å²) in [5.74, 6) is -0.300. The Hall–Kier alpha value is -4.38. The van der Waals surface area contributed by atoms with Crippen molar-refractivity contribution in [1.29, 1.82) is 0 Å². The number of H-pyrrole nitrogens is 1. The molecule has 2 aromatic carbocycles. The first kappa shape index (κ1) is 28.2. The number of nitrogens with one attached hydrogen (secondary N) is 2. The number of aromatic amines is 1. The van der Waals surface area contributed by atoms with Gasteiger partial charge in [-0.25, -0.2) is 17.8 Å². The second kappa shape index (κ2) is 11.2. The predicted octanol–water partition coefficient (Wildman–Crippen LogP) is 3.97. The van der Waals surface area contributed by atoms with E-state index in [9.17, 15) is 27.2 Å². The third-order valence-corrected chi connectivity index (χ3v) is 8.05. The third-order valence-electron chi connectivity index (χ3n) is 7.11. The van der Waals surface area contributed by atoms with Crippen molar-refractivity contribution in [2.45, 2.75) is 25.7 Å². The van der Waals surface area contributed by atoms with Gasteiger partial charge in [0.2, 0.25) is 0 Å². The van der Waals surface area contributed by atoms with Crippen LogP contribution in [-0.4, -0.2) is 54.4 Å². The number of fused-ring (bicyclic) bond motifs is 1. The van der Waals surface area contributed by atoms with Gasteiger partial charge in [-0.15, -0.1) is 0 Å². The van der Waals surface area contributed by atoms with Crippen LogP contribution in [0, 0.1) is 11.2 Å². The molecule has 4 aromatic rings. The lowest BCUT2D eigenvalue weighted by atomic mass is 9.88. The number of rotatable bonds is 12. The molecule has 0 saturated heterocycles. The molecule has 212 valence electrons. The minimum Gasteiger partial charge on any atom is -0.457 e. The summed E-state index contributed by atoms with van der Waals surface area (Å²) < 4.78 is 41.8. The molecule has 1 amide bonds. The fourth-order valence-corrected chi connectivity index (χ4v) is 5.08. The van der Waals surface area contributed by atoms with Gasteiger partial charge in [0, 0.05) is 31.8 Å². The van der Waals surface area contributed by atoms with Gasteiger partial charge in [-0.3, -0.25) is 14.4 Å². The Balaban J connectivity index is 1.22. The number of carbonyl (C=O) groups is 3. The van der Waals surface area contributed by atoms with Crippen LogP contribution in [-0.2, 0) is 32.3 Å². The minimum atomic E-state index is -3.20. The molecule has 0 spiro atoms. The van der Waals surface area contributed by atoms with Crippen LogP contribution in [0.1, 0.15) is 34.5 Å². The lowest BCUT2D eigenvalue weighted by Crippen LogP contribution is -2.28. The molecule has 0 atom stereocenters. The molecule has 0 radical (unpaired) electrons. The molecule has 1 saturated carbocycles. The average molecular weight is 578 g/mol. The van der Waals surface area contributed by atoms with E-state index in [1.54, 1.807) is 48.5 Å². The second-order valence-corrected chi connectivity index (χ2v) is 12.6. The number of halogens is 1. The zero-order valence-electron chi connectivity index (χ0n) is 22.3. The Morgan fingerprint density at radius 2 is 1.59 bits per heavy atom. The molecule has 1 aliphatic carbocycles. The highest BCUT2D eigenvalue weighted by Crippen LogP contribution is 2.48. The minimum absolute atomic E-state index is 0.0117. The fraction of sp³-hybridized carbons (Fsp3) is 0.267. The van der Waals surface area contributed by atoms with Gasteiger partial charge in [0.25, 0.3) is 5.91 Å². The summed E-state index contributed by atoms with van der Waals surface area (Å²) in [7, 11) is -3.20. The number of nitrogens with zero attached hydrogens (tertiary/aromatic N) is 1. The van der Waals surface area contributed by atoms with Crippen LogP contribution in [0.4, 0.5) is 4.39 Å². The molecule has 0 bridgehead atoms. The number of hydrogen-bond acceptors (Lipinski definition) is 7. The highest BCUT2D eigenvalue weighted by molar-refractivity contribution is 7.90. The molecule has 2 N–H and O–H groups in total. The van der Waals surface area contributed by atoms with Crippen LogP contribution in [0.15, 0.2) is 66.9 Å². The highest BCUT2D eigenvalue weighted by atomic mass is 32.2. The predicted molar refractivity (Wildman–Crippen MR) is 150 cm³/mol. The van der Waals surface area contributed by atoms with Gasteiger partial charge >= 0.3 is 0 Å². The van der Waals surface area contributed by atoms with E-state index in [1.165, 1.54) is 18.3 Å². The van der Waals surface area contributed by atoms with Crippen molar-refractivity contribution in [3.8, 4) is 11.5 Å². The van der Waals surface area contributed by atoms with Crippen molar-refractivity contribution in [3.63, 3.8) is 0 Å². The maximum Gasteiger partial charge on any atom is 0.267 e. The summed E-state index contributed by atoms with van der Waals surface area (Å²) in [5.41, 5.74) is 1.11. The van der Waals surface area contributed by atoms with Gasteiger partial charge in [-0.1, -0.05) is 24.3 Å². The number of aromatic nitrogens is 2. The Kier molecular flexibility index (Phi) is 7.72. The topological polar surface area (TPSA) is 135 Å². The molecule has 0 aliphatic heterocycles. The molecule has 0 unspecified atom stereocenters. The van der Waals surface area contributed by atoms with Crippen LogP contribution in [0.5, 0.6) is 11.5 Å². The molecule has 5 rings (SSSR count). The first-order chi connectivity index (χ1) is 19.5. The molecule has 1 fully saturated rings. The zero-order chi connectivity index (χ0) is 29.2. The number of ketones is 2. The quantitative estimate of drug-likeness (QED) is 0.243. The normalized spacial score (nSPS) is 14.0. The molecular weight excluding hydrogens is 549 g/mol. The standard InChI is InChI=1S/C30H28FN3O6S/c1-41(38,39)15-14-33-29(37)24-18-23-25(10-13-32-28(23)34-24)40-22-8-4-20(5-9-22)17-27(36)30(11-12-30)26(35)16-19-2-6-21(31)7-3-19/h2-10,13,18H,11-12,14-17H2,1H3,(H,32,34)(H,33,37). The van der Waals surface area contributed by atoms with Crippen molar-refractivity contribution in [2.24, 2.45) is 5.41 Å². The van der Waals surface area contributed by atoms with Gasteiger partial charge in [-0.2, -0.15) is 0 Å². The van der Waals surface area contributed by atoms with Crippen molar-refractivity contribution in [1.82, 2.24) is 15.3 Å². The van der Waals surface area contributed by atoms with Gasteiger partial charge < -0.3 is 15.0 Å². The van der Waals surface area contributed by atoms with Crippen LogP contribution in [0.2, 0.25) is 0 Å². The average Bonchev–Trinajstić information content (AvgIpc) is 3.63. The van der Waals surface area contributed by atoms with Gasteiger partial charge in [0.05, 0.1) is 16.6 Å². The van der Waals surface area contributed by atoms with Gasteiger partial charge in [0.1, 0.15) is 38.5 Å². The summed E-state index contributed by atoms with van der Waals surface area (Å²) in [6.45, 7) is -0.0117. The van der Waals surface area contributed by atoms with E-state index in [0.29, 0.717) is 40.9 Å². The maximum absolute atomic E-state index is 13.2. The van der Waals surface area contributed by atoms with Gasteiger partial charge in [-0.05, 0) is 60.4 Å². The lowest BCUT2D eigenvalue weighted by Gasteiger charge is -2.13. The molecule has 41 heavy (non-hydrogen) atoms. The molecule has 2 heterocycles. The van der Waals surface area contributed by atoms with E-state index < -0.39 is 21.2 Å². The highest BCUT2D eigenvalue weighted by Gasteiger charge is 2.54. The molecule has 11 heteroatoms. The summed E-state index contributed by atoms with van der Waals surface area (Å²) in [6.07, 6.45) is 3.90. The van der Waals surface area contributed by atoms with Crippen molar-refractivity contribution in [2.75, 3.05) is 18.6 Å². The van der Waals surface area contributed by atoms with E-state index >= 15 is 0 Å². The Bertz CT molecular complexity index is 1730. The SMILES string of the molecule is CS(=O)(=O)CCNC(=O)c1cc2c(Oc3ccc(CC(=O)C4(C(=O)Cc5ccc(F)cc5)CC4)cc3)ccnc2[nH]1. The van der Waals surface area contributed by atoms with Gasteiger partial charge in [0.15, 0.2) is 11.6 Å². The van der Waals surface area contributed by atoms with Crippen molar-refractivity contribution >= 4 is 38.3 Å².